The Bertz CT molecular complexity index is 487. The predicted octanol–water partition coefficient (Wildman–Crippen LogP) is 1.72. The monoisotopic (exact) mass is 283 g/mol. The van der Waals surface area contributed by atoms with Gasteiger partial charge in [0.2, 0.25) is 0 Å². The van der Waals surface area contributed by atoms with Gasteiger partial charge in [0.05, 0.1) is 13.2 Å². The molecule has 1 saturated heterocycles. The van der Waals surface area contributed by atoms with Gasteiger partial charge in [-0.3, -0.25) is 4.99 Å². The van der Waals surface area contributed by atoms with Crippen LogP contribution in [-0.4, -0.2) is 43.7 Å². The molecule has 20 heavy (non-hydrogen) atoms. The van der Waals surface area contributed by atoms with E-state index in [-0.39, 0.29) is 5.92 Å². The third kappa shape index (κ3) is 3.66. The molecular formula is C14H19F2N3O. The minimum Gasteiger partial charge on any atom is -0.378 e. The molecule has 1 fully saturated rings. The summed E-state index contributed by atoms with van der Waals surface area (Å²) in [6, 6.07) is 3.60. The van der Waals surface area contributed by atoms with E-state index >= 15 is 0 Å². The van der Waals surface area contributed by atoms with Crippen LogP contribution in [-0.2, 0) is 4.74 Å². The third-order valence-corrected chi connectivity index (χ3v) is 3.36. The van der Waals surface area contributed by atoms with Crippen molar-refractivity contribution >= 4 is 5.96 Å². The molecule has 0 bridgehead atoms. The van der Waals surface area contributed by atoms with Gasteiger partial charge in [-0.05, 0) is 11.6 Å². The lowest BCUT2D eigenvalue weighted by Gasteiger charge is -2.27. The number of hydrogen-bond acceptors (Lipinski definition) is 2. The second kappa shape index (κ2) is 6.65. The number of halogens is 2. The maximum absolute atomic E-state index is 13.6. The minimum atomic E-state index is -0.574. The topological polar surface area (TPSA) is 50.8 Å². The van der Waals surface area contributed by atoms with Crippen molar-refractivity contribution in [3.63, 3.8) is 0 Å². The van der Waals surface area contributed by atoms with Gasteiger partial charge in [0.1, 0.15) is 11.6 Å². The second-order valence-electron chi connectivity index (χ2n) is 4.87. The number of ether oxygens (including phenoxy) is 1. The standard InChI is InChI=1S/C14H19F2N3O/c1-10(12-3-2-11(15)8-13(12)16)9-18-14(17)19-4-6-20-7-5-19/h2-3,8,10H,4-7,9H2,1H3,(H2,17,18). The first-order chi connectivity index (χ1) is 9.58. The van der Waals surface area contributed by atoms with E-state index < -0.39 is 11.6 Å². The van der Waals surface area contributed by atoms with Crippen LogP contribution in [0.2, 0.25) is 0 Å². The Morgan fingerprint density at radius 3 is 2.75 bits per heavy atom. The number of benzene rings is 1. The molecule has 1 aromatic rings. The molecule has 1 aliphatic heterocycles. The zero-order valence-electron chi connectivity index (χ0n) is 11.5. The molecule has 2 rings (SSSR count). The van der Waals surface area contributed by atoms with Crippen LogP contribution < -0.4 is 5.73 Å². The fourth-order valence-corrected chi connectivity index (χ4v) is 2.12. The summed E-state index contributed by atoms with van der Waals surface area (Å²) in [4.78, 5) is 6.23. The van der Waals surface area contributed by atoms with Crippen molar-refractivity contribution in [2.75, 3.05) is 32.8 Å². The Kier molecular flexibility index (Phi) is 4.89. The molecule has 1 heterocycles. The normalized spacial score (nSPS) is 18.1. The summed E-state index contributed by atoms with van der Waals surface area (Å²) in [5, 5.41) is 0. The Balaban J connectivity index is 1.98. The molecule has 1 aromatic carbocycles. The maximum atomic E-state index is 13.6. The molecule has 0 spiro atoms. The molecule has 0 aromatic heterocycles. The van der Waals surface area contributed by atoms with E-state index in [9.17, 15) is 8.78 Å². The van der Waals surface area contributed by atoms with Crippen LogP contribution >= 0.6 is 0 Å². The Hall–Kier alpha value is -1.69. The van der Waals surface area contributed by atoms with E-state index in [2.05, 4.69) is 4.99 Å². The molecule has 1 aliphatic rings. The van der Waals surface area contributed by atoms with Crippen LogP contribution in [0.3, 0.4) is 0 Å². The predicted molar refractivity (Wildman–Crippen MR) is 73.7 cm³/mol. The third-order valence-electron chi connectivity index (χ3n) is 3.36. The summed E-state index contributed by atoms with van der Waals surface area (Å²) in [6.07, 6.45) is 0. The van der Waals surface area contributed by atoms with Gasteiger partial charge >= 0.3 is 0 Å². The quantitative estimate of drug-likeness (QED) is 0.679. The first-order valence-corrected chi connectivity index (χ1v) is 6.65. The van der Waals surface area contributed by atoms with Gasteiger partial charge in [-0.25, -0.2) is 8.78 Å². The average molecular weight is 283 g/mol. The molecule has 0 aliphatic carbocycles. The van der Waals surface area contributed by atoms with Crippen molar-refractivity contribution in [2.24, 2.45) is 10.7 Å². The molecule has 110 valence electrons. The van der Waals surface area contributed by atoms with Crippen LogP contribution in [0, 0.1) is 11.6 Å². The molecule has 6 heteroatoms. The number of hydrogen-bond donors (Lipinski definition) is 1. The van der Waals surface area contributed by atoms with Crippen LogP contribution in [0.4, 0.5) is 8.78 Å². The molecule has 1 atom stereocenters. The summed E-state index contributed by atoms with van der Waals surface area (Å²) < 4.78 is 31.7. The van der Waals surface area contributed by atoms with Gasteiger partial charge in [0, 0.05) is 31.6 Å². The van der Waals surface area contributed by atoms with Crippen LogP contribution in [0.5, 0.6) is 0 Å². The van der Waals surface area contributed by atoms with Gasteiger partial charge in [-0.1, -0.05) is 13.0 Å². The van der Waals surface area contributed by atoms with E-state index in [0.29, 0.717) is 44.4 Å². The van der Waals surface area contributed by atoms with Crippen molar-refractivity contribution < 1.29 is 13.5 Å². The maximum Gasteiger partial charge on any atom is 0.191 e. The summed E-state index contributed by atoms with van der Waals surface area (Å²) in [5.74, 6) is -0.828. The lowest BCUT2D eigenvalue weighted by molar-refractivity contribution is 0.0674. The highest BCUT2D eigenvalue weighted by Gasteiger charge is 2.14. The number of morpholine rings is 1. The van der Waals surface area contributed by atoms with E-state index in [1.54, 1.807) is 0 Å². The first-order valence-electron chi connectivity index (χ1n) is 6.65. The van der Waals surface area contributed by atoms with Crippen LogP contribution in [0.1, 0.15) is 18.4 Å². The van der Waals surface area contributed by atoms with Gasteiger partial charge in [-0.15, -0.1) is 0 Å². The minimum absolute atomic E-state index is 0.157. The number of nitrogens with two attached hydrogens (primary N) is 1. The van der Waals surface area contributed by atoms with Crippen LogP contribution in [0.15, 0.2) is 23.2 Å². The smallest absolute Gasteiger partial charge is 0.191 e. The Morgan fingerprint density at radius 2 is 2.10 bits per heavy atom. The highest BCUT2D eigenvalue weighted by atomic mass is 19.1. The van der Waals surface area contributed by atoms with Crippen LogP contribution in [0.25, 0.3) is 0 Å². The molecule has 0 radical (unpaired) electrons. The number of rotatable bonds is 3. The zero-order valence-corrected chi connectivity index (χ0v) is 11.5. The number of nitrogens with zero attached hydrogens (tertiary/aromatic N) is 2. The van der Waals surface area contributed by atoms with E-state index in [1.807, 2.05) is 11.8 Å². The Labute approximate surface area is 117 Å². The lowest BCUT2D eigenvalue weighted by atomic mass is 10.0. The fraction of sp³-hybridized carbons (Fsp3) is 0.500. The first kappa shape index (κ1) is 14.7. The molecule has 1 unspecified atom stereocenters. The van der Waals surface area contributed by atoms with E-state index in [4.69, 9.17) is 10.5 Å². The fourth-order valence-electron chi connectivity index (χ4n) is 2.12. The van der Waals surface area contributed by atoms with E-state index in [0.717, 1.165) is 6.07 Å². The van der Waals surface area contributed by atoms with Crippen molar-refractivity contribution in [1.29, 1.82) is 0 Å². The molecule has 0 saturated carbocycles. The van der Waals surface area contributed by atoms with E-state index in [1.165, 1.54) is 12.1 Å². The number of aliphatic imine (C=N–C) groups is 1. The second-order valence-corrected chi connectivity index (χ2v) is 4.87. The van der Waals surface area contributed by atoms with Gasteiger partial charge < -0.3 is 15.4 Å². The van der Waals surface area contributed by atoms with Gasteiger partial charge in [0.25, 0.3) is 0 Å². The molecule has 4 nitrogen and oxygen atoms in total. The largest absolute Gasteiger partial charge is 0.378 e. The number of guanidine groups is 1. The van der Waals surface area contributed by atoms with Crippen molar-refractivity contribution in [3.8, 4) is 0 Å². The van der Waals surface area contributed by atoms with Crippen molar-refractivity contribution in [2.45, 2.75) is 12.8 Å². The SMILES string of the molecule is CC(CN=C(N)N1CCOCC1)c1ccc(F)cc1F. The highest BCUT2D eigenvalue weighted by molar-refractivity contribution is 5.78. The summed E-state index contributed by atoms with van der Waals surface area (Å²) in [5.41, 5.74) is 6.35. The van der Waals surface area contributed by atoms with Gasteiger partial charge in [-0.2, -0.15) is 0 Å². The molecule has 0 amide bonds. The zero-order chi connectivity index (χ0) is 14.5. The lowest BCUT2D eigenvalue weighted by Crippen LogP contribution is -2.45. The Morgan fingerprint density at radius 1 is 1.40 bits per heavy atom. The average Bonchev–Trinajstić information content (AvgIpc) is 2.45. The van der Waals surface area contributed by atoms with Crippen molar-refractivity contribution in [3.05, 3.63) is 35.4 Å². The highest BCUT2D eigenvalue weighted by Crippen LogP contribution is 2.20. The van der Waals surface area contributed by atoms with Gasteiger partial charge in [0.15, 0.2) is 5.96 Å². The van der Waals surface area contributed by atoms with Crippen molar-refractivity contribution in [1.82, 2.24) is 4.90 Å². The summed E-state index contributed by atoms with van der Waals surface area (Å²) >= 11 is 0. The summed E-state index contributed by atoms with van der Waals surface area (Å²) in [7, 11) is 0. The summed E-state index contributed by atoms with van der Waals surface area (Å²) in [6.45, 7) is 4.91. The molecular weight excluding hydrogens is 264 g/mol. The molecule has 2 N–H and O–H groups in total.